The minimum atomic E-state index is -3.95. The zero-order valence-corrected chi connectivity index (χ0v) is 18.5. The van der Waals surface area contributed by atoms with Crippen molar-refractivity contribution in [2.75, 3.05) is 26.2 Å². The van der Waals surface area contributed by atoms with E-state index in [0.29, 0.717) is 11.1 Å². The van der Waals surface area contributed by atoms with Crippen molar-refractivity contribution in [1.82, 2.24) is 14.5 Å². The van der Waals surface area contributed by atoms with Gasteiger partial charge >= 0.3 is 0 Å². The highest BCUT2D eigenvalue weighted by Gasteiger charge is 2.33. The number of rotatable bonds is 6. The molecule has 0 aliphatic carbocycles. The van der Waals surface area contributed by atoms with Crippen molar-refractivity contribution in [3.8, 4) is 0 Å². The second-order valence-corrected chi connectivity index (χ2v) is 9.40. The van der Waals surface area contributed by atoms with Crippen molar-refractivity contribution >= 4 is 27.5 Å². The highest BCUT2D eigenvalue weighted by atomic mass is 32.2. The van der Waals surface area contributed by atoms with E-state index in [-0.39, 0.29) is 48.6 Å². The maximum Gasteiger partial charge on any atom is 0.270 e. The maximum absolute atomic E-state index is 13.0. The number of carbonyl (C=O) groups excluding carboxylic acids is 2. The second kappa shape index (κ2) is 9.45. The van der Waals surface area contributed by atoms with Gasteiger partial charge in [0.15, 0.2) is 0 Å². The SMILES string of the molecule is Cc1ccc([N+](=O)[O-])cc1S(=O)(=O)N1CCN(C(=O)[C@H](C)NC(=O)c2ccccc2)CC1. The van der Waals surface area contributed by atoms with Gasteiger partial charge in [0.1, 0.15) is 6.04 Å². The van der Waals surface area contributed by atoms with Gasteiger partial charge < -0.3 is 10.2 Å². The highest BCUT2D eigenvalue weighted by Crippen LogP contribution is 2.25. The molecule has 2 aromatic rings. The number of non-ortho nitro benzene ring substituents is 1. The lowest BCUT2D eigenvalue weighted by atomic mass is 10.2. The van der Waals surface area contributed by atoms with Crippen LogP contribution in [0.25, 0.3) is 0 Å². The average molecular weight is 461 g/mol. The van der Waals surface area contributed by atoms with Gasteiger partial charge in [0.05, 0.1) is 9.82 Å². The largest absolute Gasteiger partial charge is 0.341 e. The molecule has 170 valence electrons. The minimum Gasteiger partial charge on any atom is -0.341 e. The minimum absolute atomic E-state index is 0.0511. The Morgan fingerprint density at radius 1 is 1.06 bits per heavy atom. The molecule has 0 unspecified atom stereocenters. The van der Waals surface area contributed by atoms with Crippen molar-refractivity contribution in [2.45, 2.75) is 24.8 Å². The van der Waals surface area contributed by atoms with Gasteiger partial charge in [-0.2, -0.15) is 4.31 Å². The van der Waals surface area contributed by atoms with E-state index >= 15 is 0 Å². The predicted molar refractivity (Wildman–Crippen MR) is 117 cm³/mol. The molecule has 1 aliphatic heterocycles. The third-order valence-corrected chi connectivity index (χ3v) is 7.35. The number of aryl methyl sites for hydroxylation is 1. The molecule has 2 amide bonds. The summed E-state index contributed by atoms with van der Waals surface area (Å²) >= 11 is 0. The van der Waals surface area contributed by atoms with Crippen molar-refractivity contribution in [3.05, 3.63) is 69.8 Å². The van der Waals surface area contributed by atoms with Crippen LogP contribution in [0.15, 0.2) is 53.4 Å². The lowest BCUT2D eigenvalue weighted by Crippen LogP contribution is -2.55. The fourth-order valence-electron chi connectivity index (χ4n) is 3.47. The number of amides is 2. The smallest absolute Gasteiger partial charge is 0.270 e. The van der Waals surface area contributed by atoms with Crippen molar-refractivity contribution in [1.29, 1.82) is 0 Å². The number of nitrogens with one attached hydrogen (secondary N) is 1. The van der Waals surface area contributed by atoms with Crippen LogP contribution >= 0.6 is 0 Å². The van der Waals surface area contributed by atoms with Crippen LogP contribution in [0.2, 0.25) is 0 Å². The molecule has 0 aromatic heterocycles. The van der Waals surface area contributed by atoms with Gasteiger partial charge in [-0.05, 0) is 31.5 Å². The number of benzene rings is 2. The summed E-state index contributed by atoms with van der Waals surface area (Å²) in [7, 11) is -3.95. The normalized spacial score (nSPS) is 15.8. The van der Waals surface area contributed by atoms with Gasteiger partial charge in [-0.25, -0.2) is 8.42 Å². The molecular weight excluding hydrogens is 436 g/mol. The van der Waals surface area contributed by atoms with Crippen LogP contribution in [0.3, 0.4) is 0 Å². The monoisotopic (exact) mass is 460 g/mol. The molecule has 1 heterocycles. The van der Waals surface area contributed by atoms with Gasteiger partial charge in [0.25, 0.3) is 11.6 Å². The van der Waals surface area contributed by atoms with Crippen molar-refractivity contribution < 1.29 is 22.9 Å². The van der Waals surface area contributed by atoms with Crippen LogP contribution < -0.4 is 5.32 Å². The predicted octanol–water partition coefficient (Wildman–Crippen LogP) is 1.55. The molecule has 3 rings (SSSR count). The third-order valence-electron chi connectivity index (χ3n) is 5.30. The van der Waals surface area contributed by atoms with E-state index in [1.165, 1.54) is 21.3 Å². The summed E-state index contributed by atoms with van der Waals surface area (Å²) in [6.07, 6.45) is 0. The van der Waals surface area contributed by atoms with E-state index in [9.17, 15) is 28.1 Å². The van der Waals surface area contributed by atoms with E-state index in [2.05, 4.69) is 5.32 Å². The lowest BCUT2D eigenvalue weighted by Gasteiger charge is -2.35. The summed E-state index contributed by atoms with van der Waals surface area (Å²) in [5.41, 5.74) is 0.549. The molecule has 0 bridgehead atoms. The summed E-state index contributed by atoms with van der Waals surface area (Å²) in [4.78, 5) is 36.8. The molecule has 0 saturated carbocycles. The van der Waals surface area contributed by atoms with E-state index in [1.807, 2.05) is 0 Å². The zero-order valence-electron chi connectivity index (χ0n) is 17.7. The van der Waals surface area contributed by atoms with Crippen LogP contribution in [-0.2, 0) is 14.8 Å². The number of nitrogens with zero attached hydrogens (tertiary/aromatic N) is 3. The maximum atomic E-state index is 13.0. The number of carbonyl (C=O) groups is 2. The first-order valence-corrected chi connectivity index (χ1v) is 11.4. The molecule has 1 aliphatic rings. The second-order valence-electron chi connectivity index (χ2n) is 7.50. The lowest BCUT2D eigenvalue weighted by molar-refractivity contribution is -0.385. The van der Waals surface area contributed by atoms with Crippen molar-refractivity contribution in [3.63, 3.8) is 0 Å². The summed E-state index contributed by atoms with van der Waals surface area (Å²) in [5.74, 6) is -0.674. The Morgan fingerprint density at radius 2 is 1.69 bits per heavy atom. The molecule has 1 fully saturated rings. The van der Waals surface area contributed by atoms with Gasteiger partial charge in [-0.3, -0.25) is 19.7 Å². The van der Waals surface area contributed by atoms with Gasteiger partial charge in [0, 0.05) is 43.9 Å². The van der Waals surface area contributed by atoms with Gasteiger partial charge in [-0.1, -0.05) is 24.3 Å². The number of nitro benzene ring substituents is 1. The zero-order chi connectivity index (χ0) is 23.5. The number of piperazine rings is 1. The summed E-state index contributed by atoms with van der Waals surface area (Å²) in [6, 6.07) is 11.5. The first-order chi connectivity index (χ1) is 15.1. The van der Waals surface area contributed by atoms with E-state index in [0.717, 1.165) is 6.07 Å². The molecule has 0 radical (unpaired) electrons. The van der Waals surface area contributed by atoms with Crippen LogP contribution in [0, 0.1) is 17.0 Å². The molecule has 1 atom stereocenters. The Balaban J connectivity index is 1.64. The van der Waals surface area contributed by atoms with Crippen molar-refractivity contribution in [2.24, 2.45) is 0 Å². The third kappa shape index (κ3) is 4.94. The molecule has 2 aromatic carbocycles. The standard InChI is InChI=1S/C21H24N4O6S/c1-15-8-9-18(25(28)29)14-19(15)32(30,31)24-12-10-23(11-13-24)21(27)16(2)22-20(26)17-6-4-3-5-7-17/h3-9,14,16H,10-13H2,1-2H3,(H,22,26)/t16-/m0/s1. The molecule has 0 spiro atoms. The Bertz CT molecular complexity index is 1130. The fourth-order valence-corrected chi connectivity index (χ4v) is 5.14. The fraction of sp³-hybridized carbons (Fsp3) is 0.333. The Kier molecular flexibility index (Phi) is 6.90. The number of hydrogen-bond acceptors (Lipinski definition) is 6. The Hall–Kier alpha value is -3.31. The van der Waals surface area contributed by atoms with Crippen LogP contribution in [0.1, 0.15) is 22.8 Å². The summed E-state index contributed by atoms with van der Waals surface area (Å²) < 4.78 is 27.3. The average Bonchev–Trinajstić information content (AvgIpc) is 2.79. The van der Waals surface area contributed by atoms with Crippen LogP contribution in [0.4, 0.5) is 5.69 Å². The summed E-state index contributed by atoms with van der Waals surface area (Å²) in [5, 5.41) is 13.7. The molecule has 32 heavy (non-hydrogen) atoms. The van der Waals surface area contributed by atoms with E-state index < -0.39 is 21.0 Å². The highest BCUT2D eigenvalue weighted by molar-refractivity contribution is 7.89. The quantitative estimate of drug-likeness (QED) is 0.514. The molecule has 10 nitrogen and oxygen atoms in total. The molecule has 1 N–H and O–H groups in total. The summed E-state index contributed by atoms with van der Waals surface area (Å²) in [6.45, 7) is 3.56. The van der Waals surface area contributed by atoms with E-state index in [1.54, 1.807) is 44.2 Å². The molecular formula is C21H24N4O6S. The van der Waals surface area contributed by atoms with E-state index in [4.69, 9.17) is 0 Å². The van der Waals surface area contributed by atoms with Gasteiger partial charge in [-0.15, -0.1) is 0 Å². The van der Waals surface area contributed by atoms with Crippen LogP contribution in [0.5, 0.6) is 0 Å². The topological polar surface area (TPSA) is 130 Å². The Morgan fingerprint density at radius 3 is 2.28 bits per heavy atom. The first-order valence-electron chi connectivity index (χ1n) is 10.0. The molecule has 1 saturated heterocycles. The van der Waals surface area contributed by atoms with Crippen LogP contribution in [-0.4, -0.2) is 66.6 Å². The van der Waals surface area contributed by atoms with Gasteiger partial charge in [0.2, 0.25) is 15.9 Å². The number of hydrogen-bond donors (Lipinski definition) is 1. The molecule has 11 heteroatoms. The first kappa shape index (κ1) is 23.4. The number of sulfonamides is 1. The number of nitro groups is 1. The Labute approximate surface area is 186 Å².